The molecule has 1 atom stereocenters. The number of pyridine rings is 1. The lowest BCUT2D eigenvalue weighted by Crippen LogP contribution is -2.29. The lowest BCUT2D eigenvalue weighted by Gasteiger charge is -2.33. The molecule has 154 valence electrons. The Balaban J connectivity index is 1.93. The molecular formula is C19H25F3N4O2. The highest BCUT2D eigenvalue weighted by atomic mass is 19.4. The number of alkyl halides is 3. The van der Waals surface area contributed by atoms with Gasteiger partial charge < -0.3 is 15.2 Å². The Labute approximate surface area is 161 Å². The van der Waals surface area contributed by atoms with Crippen LogP contribution in [0.4, 0.5) is 19.1 Å². The third-order valence-electron chi connectivity index (χ3n) is 5.22. The molecule has 1 fully saturated rings. The Morgan fingerprint density at radius 3 is 2.57 bits per heavy atom. The zero-order chi connectivity index (χ0) is 20.5. The van der Waals surface area contributed by atoms with Gasteiger partial charge in [0, 0.05) is 24.0 Å². The van der Waals surface area contributed by atoms with Gasteiger partial charge in [-0.1, -0.05) is 0 Å². The molecule has 0 unspecified atom stereocenters. The van der Waals surface area contributed by atoms with Crippen LogP contribution in [0, 0.1) is 0 Å². The highest BCUT2D eigenvalue weighted by Gasteiger charge is 2.32. The van der Waals surface area contributed by atoms with Gasteiger partial charge in [-0.25, -0.2) is 15.0 Å². The van der Waals surface area contributed by atoms with Gasteiger partial charge in [-0.3, -0.25) is 0 Å². The van der Waals surface area contributed by atoms with Gasteiger partial charge in [-0.15, -0.1) is 0 Å². The summed E-state index contributed by atoms with van der Waals surface area (Å²) in [7, 11) is 1.50. The second kappa shape index (κ2) is 7.69. The summed E-state index contributed by atoms with van der Waals surface area (Å²) in [4.78, 5) is 13.0. The molecule has 1 aliphatic carbocycles. The van der Waals surface area contributed by atoms with Crippen LogP contribution in [-0.4, -0.2) is 45.0 Å². The number of ether oxygens (including phenoxy) is 1. The van der Waals surface area contributed by atoms with E-state index >= 15 is 0 Å². The molecule has 0 aliphatic heterocycles. The fourth-order valence-corrected chi connectivity index (χ4v) is 3.72. The zero-order valence-electron chi connectivity index (χ0n) is 16.2. The Morgan fingerprint density at radius 1 is 1.29 bits per heavy atom. The molecule has 2 heterocycles. The van der Waals surface area contributed by atoms with Crippen LogP contribution in [0.25, 0.3) is 10.9 Å². The van der Waals surface area contributed by atoms with Crippen molar-refractivity contribution in [2.24, 2.45) is 0 Å². The van der Waals surface area contributed by atoms with E-state index in [1.54, 1.807) is 6.20 Å². The molecule has 9 heteroatoms. The van der Waals surface area contributed by atoms with E-state index in [0.717, 1.165) is 18.4 Å². The van der Waals surface area contributed by atoms with Crippen LogP contribution in [0.5, 0.6) is 5.88 Å². The number of nitrogens with zero attached hydrogens (tertiary/aromatic N) is 3. The van der Waals surface area contributed by atoms with E-state index in [1.165, 1.54) is 20.2 Å². The first-order chi connectivity index (χ1) is 13.1. The SMILES string of the molecule is COc1ncc(C2CCC(C)(O)CC2)c2nc(N[C@@H](C)CC(F)(F)F)ncc12. The molecule has 6 nitrogen and oxygen atoms in total. The minimum Gasteiger partial charge on any atom is -0.480 e. The molecule has 28 heavy (non-hydrogen) atoms. The molecule has 3 rings (SSSR count). The Bertz CT molecular complexity index is 832. The number of fused-ring (bicyclic) bond motifs is 1. The number of nitrogens with one attached hydrogen (secondary N) is 1. The Hall–Kier alpha value is -2.16. The highest BCUT2D eigenvalue weighted by Crippen LogP contribution is 2.40. The maximum Gasteiger partial charge on any atom is 0.391 e. The predicted octanol–water partition coefficient (Wildman–Crippen LogP) is 4.19. The highest BCUT2D eigenvalue weighted by molar-refractivity contribution is 5.86. The minimum atomic E-state index is -4.26. The number of aliphatic hydroxyl groups is 1. The van der Waals surface area contributed by atoms with Crippen LogP contribution in [0.3, 0.4) is 0 Å². The molecule has 1 aliphatic rings. The van der Waals surface area contributed by atoms with Gasteiger partial charge in [0.15, 0.2) is 0 Å². The number of hydrogen-bond acceptors (Lipinski definition) is 6. The maximum absolute atomic E-state index is 12.6. The summed E-state index contributed by atoms with van der Waals surface area (Å²) in [5, 5.41) is 13.6. The van der Waals surface area contributed by atoms with Crippen LogP contribution < -0.4 is 10.1 Å². The summed E-state index contributed by atoms with van der Waals surface area (Å²) in [6.45, 7) is 3.28. The second-order valence-electron chi connectivity index (χ2n) is 7.81. The smallest absolute Gasteiger partial charge is 0.391 e. The largest absolute Gasteiger partial charge is 0.480 e. The normalized spacial score (nSPS) is 24.2. The quantitative estimate of drug-likeness (QED) is 0.786. The first-order valence-corrected chi connectivity index (χ1v) is 9.33. The summed E-state index contributed by atoms with van der Waals surface area (Å²) >= 11 is 0. The van der Waals surface area contributed by atoms with Gasteiger partial charge in [0.05, 0.1) is 30.0 Å². The van der Waals surface area contributed by atoms with Crippen LogP contribution >= 0.6 is 0 Å². The number of halogens is 3. The standard InChI is InChI=1S/C19H25F3N4O2/c1-11(8-19(20,21)22)25-17-24-10-14-15(26-17)13(9-23-16(14)28-3)12-4-6-18(2,27)7-5-12/h9-12,27H,4-8H2,1-3H3,(H,24,25,26)/t11-,12?,18?/m0/s1. The van der Waals surface area contributed by atoms with E-state index in [0.29, 0.717) is 29.6 Å². The van der Waals surface area contributed by atoms with E-state index in [-0.39, 0.29) is 11.9 Å². The van der Waals surface area contributed by atoms with Crippen molar-refractivity contribution in [2.45, 2.75) is 69.7 Å². The fourth-order valence-electron chi connectivity index (χ4n) is 3.72. The fraction of sp³-hybridized carbons (Fsp3) is 0.632. The van der Waals surface area contributed by atoms with Crippen molar-refractivity contribution in [3.8, 4) is 5.88 Å². The molecule has 0 bridgehead atoms. The lowest BCUT2D eigenvalue weighted by atomic mass is 9.77. The summed E-state index contributed by atoms with van der Waals surface area (Å²) < 4.78 is 43.1. The second-order valence-corrected chi connectivity index (χ2v) is 7.81. The van der Waals surface area contributed by atoms with E-state index in [1.807, 2.05) is 6.92 Å². The van der Waals surface area contributed by atoms with Crippen LogP contribution in [0.1, 0.15) is 57.4 Å². The number of hydrogen-bond donors (Lipinski definition) is 2. The van der Waals surface area contributed by atoms with Crippen molar-refractivity contribution in [3.05, 3.63) is 18.0 Å². The van der Waals surface area contributed by atoms with Crippen molar-refractivity contribution in [3.63, 3.8) is 0 Å². The zero-order valence-corrected chi connectivity index (χ0v) is 16.2. The van der Waals surface area contributed by atoms with Gasteiger partial charge in [-0.2, -0.15) is 13.2 Å². The van der Waals surface area contributed by atoms with Gasteiger partial charge in [0.25, 0.3) is 0 Å². The molecule has 2 aromatic heterocycles. The maximum atomic E-state index is 12.6. The third-order valence-corrected chi connectivity index (χ3v) is 5.22. The van der Waals surface area contributed by atoms with E-state index in [9.17, 15) is 18.3 Å². The number of rotatable bonds is 5. The third kappa shape index (κ3) is 4.81. The molecule has 0 radical (unpaired) electrons. The van der Waals surface area contributed by atoms with Crippen molar-refractivity contribution >= 4 is 16.9 Å². The molecule has 1 saturated carbocycles. The first-order valence-electron chi connectivity index (χ1n) is 9.33. The van der Waals surface area contributed by atoms with Crippen molar-refractivity contribution in [1.29, 1.82) is 0 Å². The van der Waals surface area contributed by atoms with Crippen LogP contribution in [0.2, 0.25) is 0 Å². The predicted molar refractivity (Wildman–Crippen MR) is 99.5 cm³/mol. The molecular weight excluding hydrogens is 373 g/mol. The number of aromatic nitrogens is 3. The van der Waals surface area contributed by atoms with E-state index in [4.69, 9.17) is 4.74 Å². The van der Waals surface area contributed by atoms with Gasteiger partial charge in [0.2, 0.25) is 11.8 Å². The molecule has 0 amide bonds. The van der Waals surface area contributed by atoms with E-state index < -0.39 is 24.2 Å². The molecule has 2 N–H and O–H groups in total. The molecule has 0 aromatic carbocycles. The van der Waals surface area contributed by atoms with Gasteiger partial charge in [0.1, 0.15) is 0 Å². The van der Waals surface area contributed by atoms with E-state index in [2.05, 4.69) is 20.3 Å². The summed E-state index contributed by atoms with van der Waals surface area (Å²) in [6.07, 6.45) is 0.912. The van der Waals surface area contributed by atoms with Crippen molar-refractivity contribution in [2.75, 3.05) is 12.4 Å². The molecule has 2 aromatic rings. The number of methoxy groups -OCH3 is 1. The number of anilines is 1. The van der Waals surface area contributed by atoms with Crippen LogP contribution in [0.15, 0.2) is 12.4 Å². The summed E-state index contributed by atoms with van der Waals surface area (Å²) in [6, 6.07) is -0.852. The van der Waals surface area contributed by atoms with Crippen molar-refractivity contribution < 1.29 is 23.0 Å². The monoisotopic (exact) mass is 398 g/mol. The first kappa shape index (κ1) is 20.6. The minimum absolute atomic E-state index is 0.140. The van der Waals surface area contributed by atoms with Gasteiger partial charge in [-0.05, 0) is 45.4 Å². The average molecular weight is 398 g/mol. The average Bonchev–Trinajstić information content (AvgIpc) is 2.59. The summed E-state index contributed by atoms with van der Waals surface area (Å²) in [5.74, 6) is 0.675. The van der Waals surface area contributed by atoms with Crippen LogP contribution in [-0.2, 0) is 0 Å². The lowest BCUT2D eigenvalue weighted by molar-refractivity contribution is -0.136. The topological polar surface area (TPSA) is 80.2 Å². The Kier molecular flexibility index (Phi) is 5.65. The van der Waals surface area contributed by atoms with Crippen molar-refractivity contribution in [1.82, 2.24) is 15.0 Å². The Morgan fingerprint density at radius 2 is 1.96 bits per heavy atom. The molecule has 0 saturated heterocycles. The summed E-state index contributed by atoms with van der Waals surface area (Å²) in [5.41, 5.74) is 0.858. The van der Waals surface area contributed by atoms with Gasteiger partial charge >= 0.3 is 6.18 Å². The molecule has 0 spiro atoms.